The molecule has 0 spiro atoms. The van der Waals surface area contributed by atoms with E-state index in [1.165, 1.54) is 11.3 Å². The zero-order valence-corrected chi connectivity index (χ0v) is 22.0. The van der Waals surface area contributed by atoms with Crippen LogP contribution in [0.2, 0.25) is 0 Å². The number of ether oxygens (including phenoxy) is 3. The number of carboxylic acid groups (broad SMARTS) is 1. The standard InChI is InChI=1S/C32H33NO6/c1-37-28-13-12-22-18-33(27(32(35)36)17-26(22)30(28)38-19-20-8-4-2-5-9-20)31(34)29(21-10-6-3-7-11-21)39-25-15-23-14-24(23)16-25/h2-13,23-25,27,29H,14-19H2,1H3,(H,35,36)/t23?,24?,25?,27-,29?/m0/s1. The molecule has 39 heavy (non-hydrogen) atoms. The second-order valence-electron chi connectivity index (χ2n) is 10.8. The first-order chi connectivity index (χ1) is 19.0. The van der Waals surface area contributed by atoms with Crippen LogP contribution in [0.15, 0.2) is 72.8 Å². The minimum absolute atomic E-state index is 0.0190. The van der Waals surface area contributed by atoms with Crippen LogP contribution in [0.1, 0.15) is 47.6 Å². The Hall–Kier alpha value is -3.84. The van der Waals surface area contributed by atoms with Gasteiger partial charge < -0.3 is 24.2 Å². The molecular weight excluding hydrogens is 494 g/mol. The highest BCUT2D eigenvalue weighted by Gasteiger charge is 2.48. The number of aliphatic carboxylic acids is 1. The molecule has 3 aliphatic rings. The van der Waals surface area contributed by atoms with Crippen molar-refractivity contribution in [1.29, 1.82) is 0 Å². The molecule has 1 aliphatic heterocycles. The first kappa shape index (κ1) is 25.4. The summed E-state index contributed by atoms with van der Waals surface area (Å²) in [5, 5.41) is 10.3. The number of carboxylic acids is 1. The molecule has 3 aromatic carbocycles. The molecule has 202 valence electrons. The average molecular weight is 528 g/mol. The second kappa shape index (κ2) is 10.7. The van der Waals surface area contributed by atoms with Crippen LogP contribution in [0.4, 0.5) is 0 Å². The Morgan fingerprint density at radius 3 is 2.31 bits per heavy atom. The Bertz CT molecular complexity index is 1330. The molecule has 0 radical (unpaired) electrons. The van der Waals surface area contributed by atoms with Gasteiger partial charge >= 0.3 is 5.97 Å². The second-order valence-corrected chi connectivity index (χ2v) is 10.8. The van der Waals surface area contributed by atoms with Crippen LogP contribution < -0.4 is 9.47 Å². The van der Waals surface area contributed by atoms with Crippen LogP contribution in [0.5, 0.6) is 11.5 Å². The van der Waals surface area contributed by atoms with Gasteiger partial charge in [0.1, 0.15) is 12.6 Å². The molecule has 0 aromatic heterocycles. The molecule has 7 nitrogen and oxygen atoms in total. The number of carbonyl (C=O) groups is 2. The third-order valence-corrected chi connectivity index (χ3v) is 8.31. The number of benzene rings is 3. The van der Waals surface area contributed by atoms with Gasteiger partial charge in [-0.25, -0.2) is 4.79 Å². The summed E-state index contributed by atoms with van der Waals surface area (Å²) < 4.78 is 18.2. The molecule has 3 aromatic rings. The van der Waals surface area contributed by atoms with Crippen LogP contribution in [0.25, 0.3) is 0 Å². The van der Waals surface area contributed by atoms with Crippen molar-refractivity contribution in [2.24, 2.45) is 11.8 Å². The molecule has 0 saturated heterocycles. The van der Waals surface area contributed by atoms with Gasteiger partial charge in [0.05, 0.1) is 13.2 Å². The first-order valence-corrected chi connectivity index (χ1v) is 13.6. The van der Waals surface area contributed by atoms with Crippen molar-refractivity contribution in [2.45, 2.75) is 57.1 Å². The van der Waals surface area contributed by atoms with E-state index in [-0.39, 0.29) is 25.0 Å². The van der Waals surface area contributed by atoms with Crippen LogP contribution in [0, 0.1) is 11.8 Å². The van der Waals surface area contributed by atoms with Gasteiger partial charge in [0, 0.05) is 18.5 Å². The summed E-state index contributed by atoms with van der Waals surface area (Å²) in [5.41, 5.74) is 3.35. The third kappa shape index (κ3) is 5.23. The molecule has 1 amide bonds. The van der Waals surface area contributed by atoms with Crippen molar-refractivity contribution in [3.05, 3.63) is 95.1 Å². The van der Waals surface area contributed by atoms with Gasteiger partial charge in [-0.05, 0) is 53.9 Å². The number of hydrogen-bond donors (Lipinski definition) is 1. The molecule has 1 heterocycles. The fourth-order valence-corrected chi connectivity index (χ4v) is 6.14. The highest BCUT2D eigenvalue weighted by Crippen LogP contribution is 2.53. The molecule has 1 N–H and O–H groups in total. The molecular formula is C32H33NO6. The van der Waals surface area contributed by atoms with Gasteiger partial charge in [0.15, 0.2) is 17.6 Å². The van der Waals surface area contributed by atoms with E-state index in [4.69, 9.17) is 14.2 Å². The summed E-state index contributed by atoms with van der Waals surface area (Å²) in [6.07, 6.45) is 2.48. The van der Waals surface area contributed by atoms with Gasteiger partial charge in [-0.15, -0.1) is 0 Å². The predicted molar refractivity (Wildman–Crippen MR) is 144 cm³/mol. The zero-order valence-electron chi connectivity index (χ0n) is 22.0. The minimum atomic E-state index is -1.06. The fraction of sp³-hybridized carbons (Fsp3) is 0.375. The number of nitrogens with zero attached hydrogens (tertiary/aromatic N) is 1. The van der Waals surface area contributed by atoms with Gasteiger partial charge in [-0.3, -0.25) is 4.79 Å². The first-order valence-electron chi connectivity index (χ1n) is 13.6. The van der Waals surface area contributed by atoms with Crippen LogP contribution >= 0.6 is 0 Å². The van der Waals surface area contributed by atoms with E-state index >= 15 is 0 Å². The van der Waals surface area contributed by atoms with Gasteiger partial charge in [-0.2, -0.15) is 0 Å². The number of fused-ring (bicyclic) bond motifs is 2. The summed E-state index contributed by atoms with van der Waals surface area (Å²) in [4.78, 5) is 28.1. The quantitative estimate of drug-likeness (QED) is 0.413. The normalized spacial score (nSPS) is 23.9. The monoisotopic (exact) mass is 527 g/mol. The number of rotatable bonds is 9. The summed E-state index contributed by atoms with van der Waals surface area (Å²) in [5.74, 6) is 1.11. The fourth-order valence-electron chi connectivity index (χ4n) is 6.14. The van der Waals surface area contributed by atoms with E-state index in [1.807, 2.05) is 72.8 Å². The van der Waals surface area contributed by atoms with Crippen molar-refractivity contribution in [3.63, 3.8) is 0 Å². The summed E-state index contributed by atoms with van der Waals surface area (Å²) in [6, 6.07) is 21.9. The third-order valence-electron chi connectivity index (χ3n) is 8.31. The average Bonchev–Trinajstić information content (AvgIpc) is 3.59. The van der Waals surface area contributed by atoms with Crippen molar-refractivity contribution >= 4 is 11.9 Å². The molecule has 2 aliphatic carbocycles. The number of methoxy groups -OCH3 is 1. The molecule has 3 unspecified atom stereocenters. The number of amides is 1. The summed E-state index contributed by atoms with van der Waals surface area (Å²) in [6.45, 7) is 0.473. The lowest BCUT2D eigenvalue weighted by Gasteiger charge is -2.38. The maximum absolute atomic E-state index is 14.1. The highest BCUT2D eigenvalue weighted by atomic mass is 16.5. The Kier molecular flexibility index (Phi) is 7.00. The summed E-state index contributed by atoms with van der Waals surface area (Å²) in [7, 11) is 1.57. The van der Waals surface area contributed by atoms with Gasteiger partial charge in [-0.1, -0.05) is 66.7 Å². The lowest BCUT2D eigenvalue weighted by Crippen LogP contribution is -2.50. The number of carbonyl (C=O) groups excluding carboxylic acids is 1. The summed E-state index contributed by atoms with van der Waals surface area (Å²) >= 11 is 0. The Morgan fingerprint density at radius 2 is 1.64 bits per heavy atom. The van der Waals surface area contributed by atoms with Gasteiger partial charge in [0.2, 0.25) is 0 Å². The van der Waals surface area contributed by atoms with Crippen LogP contribution in [0.3, 0.4) is 0 Å². The SMILES string of the molecule is COc1ccc2c(c1OCc1ccccc1)C[C@@H](C(=O)O)N(C(=O)C(OC1CC3CC3C1)c1ccccc1)C2. The van der Waals surface area contributed by atoms with E-state index in [0.29, 0.717) is 29.9 Å². The lowest BCUT2D eigenvalue weighted by atomic mass is 9.91. The van der Waals surface area contributed by atoms with E-state index in [0.717, 1.165) is 35.1 Å². The van der Waals surface area contributed by atoms with Gasteiger partial charge in [0.25, 0.3) is 5.91 Å². The topological polar surface area (TPSA) is 85.3 Å². The largest absolute Gasteiger partial charge is 0.493 e. The van der Waals surface area contributed by atoms with E-state index in [2.05, 4.69) is 0 Å². The Balaban J connectivity index is 1.30. The minimum Gasteiger partial charge on any atom is -0.493 e. The van der Waals surface area contributed by atoms with Crippen molar-refractivity contribution in [2.75, 3.05) is 7.11 Å². The maximum atomic E-state index is 14.1. The van der Waals surface area contributed by atoms with Crippen LogP contribution in [-0.4, -0.2) is 41.1 Å². The number of hydrogen-bond acceptors (Lipinski definition) is 5. The Morgan fingerprint density at radius 1 is 0.949 bits per heavy atom. The molecule has 2 fully saturated rings. The molecule has 7 heteroatoms. The Labute approximate surface area is 228 Å². The van der Waals surface area contributed by atoms with E-state index in [1.54, 1.807) is 7.11 Å². The smallest absolute Gasteiger partial charge is 0.326 e. The molecule has 2 saturated carbocycles. The lowest BCUT2D eigenvalue weighted by molar-refractivity contribution is -0.160. The highest BCUT2D eigenvalue weighted by molar-refractivity contribution is 5.88. The molecule has 4 atom stereocenters. The van der Waals surface area contributed by atoms with E-state index < -0.39 is 18.1 Å². The van der Waals surface area contributed by atoms with Crippen LogP contribution in [-0.2, 0) is 33.9 Å². The van der Waals surface area contributed by atoms with Crippen molar-refractivity contribution < 1.29 is 28.9 Å². The molecule has 0 bridgehead atoms. The maximum Gasteiger partial charge on any atom is 0.326 e. The van der Waals surface area contributed by atoms with Crippen molar-refractivity contribution in [1.82, 2.24) is 4.90 Å². The van der Waals surface area contributed by atoms with E-state index in [9.17, 15) is 14.7 Å². The zero-order chi connectivity index (χ0) is 26.9. The predicted octanol–water partition coefficient (Wildman–Crippen LogP) is 5.17. The van der Waals surface area contributed by atoms with Crippen molar-refractivity contribution in [3.8, 4) is 11.5 Å². The molecule has 6 rings (SSSR count).